The summed E-state index contributed by atoms with van der Waals surface area (Å²) in [5.74, 6) is 0.899. The second kappa shape index (κ2) is 5.51. The minimum atomic E-state index is 0.657. The van der Waals surface area contributed by atoms with E-state index >= 15 is 0 Å². The number of imidazole rings is 1. The van der Waals surface area contributed by atoms with Crippen molar-refractivity contribution in [1.29, 1.82) is 0 Å². The predicted octanol–water partition coefficient (Wildman–Crippen LogP) is 3.66. The minimum Gasteiger partial charge on any atom is -0.308 e. The maximum atomic E-state index is 5.98. The summed E-state index contributed by atoms with van der Waals surface area (Å²) in [6, 6.07) is 4.49. The average molecular weight is 278 g/mol. The molecule has 19 heavy (non-hydrogen) atoms. The Labute approximate surface area is 119 Å². The van der Waals surface area contributed by atoms with Crippen molar-refractivity contribution in [2.45, 2.75) is 45.2 Å². The van der Waals surface area contributed by atoms with E-state index in [0.717, 1.165) is 28.8 Å². The SMILES string of the molecule is CC1CCC(NCc2cn3cc(Cl)ccc3n2)CC1. The Bertz CT molecular complexity index is 556. The largest absolute Gasteiger partial charge is 0.308 e. The van der Waals surface area contributed by atoms with Gasteiger partial charge in [0.25, 0.3) is 0 Å². The third kappa shape index (κ3) is 3.10. The van der Waals surface area contributed by atoms with E-state index in [-0.39, 0.29) is 0 Å². The van der Waals surface area contributed by atoms with Gasteiger partial charge in [-0.25, -0.2) is 4.98 Å². The van der Waals surface area contributed by atoms with Crippen molar-refractivity contribution in [2.75, 3.05) is 0 Å². The van der Waals surface area contributed by atoms with Crippen molar-refractivity contribution < 1.29 is 0 Å². The molecule has 0 spiro atoms. The number of fused-ring (bicyclic) bond motifs is 1. The molecular formula is C15H20ClN3. The van der Waals surface area contributed by atoms with Gasteiger partial charge in [-0.15, -0.1) is 0 Å². The van der Waals surface area contributed by atoms with Gasteiger partial charge in [-0.3, -0.25) is 0 Å². The van der Waals surface area contributed by atoms with E-state index in [1.165, 1.54) is 25.7 Å². The van der Waals surface area contributed by atoms with Crippen LogP contribution in [0.4, 0.5) is 0 Å². The molecule has 0 unspecified atom stereocenters. The second-order valence-electron chi connectivity index (χ2n) is 5.68. The summed E-state index contributed by atoms with van der Waals surface area (Å²) in [5.41, 5.74) is 2.04. The zero-order valence-corrected chi connectivity index (χ0v) is 12.0. The second-order valence-corrected chi connectivity index (χ2v) is 6.12. The van der Waals surface area contributed by atoms with E-state index in [1.807, 2.05) is 22.7 Å². The summed E-state index contributed by atoms with van der Waals surface area (Å²) >= 11 is 5.98. The number of hydrogen-bond donors (Lipinski definition) is 1. The van der Waals surface area contributed by atoms with Gasteiger partial charge in [0.15, 0.2) is 0 Å². The Kier molecular flexibility index (Phi) is 3.76. The van der Waals surface area contributed by atoms with Gasteiger partial charge in [0.1, 0.15) is 5.65 Å². The topological polar surface area (TPSA) is 29.3 Å². The third-order valence-electron chi connectivity index (χ3n) is 4.05. The number of nitrogens with one attached hydrogen (secondary N) is 1. The standard InChI is InChI=1S/C15H20ClN3/c1-11-2-5-13(6-3-11)17-8-14-10-19-9-12(16)4-7-15(19)18-14/h4,7,9-11,13,17H,2-3,5-6,8H2,1H3. The molecule has 1 saturated carbocycles. The van der Waals surface area contributed by atoms with E-state index in [4.69, 9.17) is 11.6 Å². The zero-order chi connectivity index (χ0) is 13.2. The quantitative estimate of drug-likeness (QED) is 0.928. The molecule has 1 N–H and O–H groups in total. The van der Waals surface area contributed by atoms with Crippen LogP contribution < -0.4 is 5.32 Å². The molecule has 0 amide bonds. The molecule has 2 heterocycles. The number of nitrogens with zero attached hydrogens (tertiary/aromatic N) is 2. The van der Waals surface area contributed by atoms with E-state index < -0.39 is 0 Å². The number of rotatable bonds is 3. The smallest absolute Gasteiger partial charge is 0.137 e. The molecule has 0 bridgehead atoms. The van der Waals surface area contributed by atoms with Crippen molar-refractivity contribution in [2.24, 2.45) is 5.92 Å². The normalized spacial score (nSPS) is 23.9. The molecule has 4 heteroatoms. The van der Waals surface area contributed by atoms with Gasteiger partial charge < -0.3 is 9.72 Å². The highest BCUT2D eigenvalue weighted by atomic mass is 35.5. The van der Waals surface area contributed by atoms with Gasteiger partial charge in [0, 0.05) is 25.0 Å². The molecule has 2 aromatic rings. The van der Waals surface area contributed by atoms with Gasteiger partial charge in [-0.2, -0.15) is 0 Å². The Balaban J connectivity index is 1.62. The van der Waals surface area contributed by atoms with Crippen molar-refractivity contribution in [1.82, 2.24) is 14.7 Å². The first kappa shape index (κ1) is 12.9. The van der Waals surface area contributed by atoms with Crippen LogP contribution in [0, 0.1) is 5.92 Å². The zero-order valence-electron chi connectivity index (χ0n) is 11.3. The molecule has 0 aliphatic heterocycles. The van der Waals surface area contributed by atoms with Crippen molar-refractivity contribution in [3.63, 3.8) is 0 Å². The van der Waals surface area contributed by atoms with Gasteiger partial charge >= 0.3 is 0 Å². The lowest BCUT2D eigenvalue weighted by atomic mass is 9.87. The Morgan fingerprint density at radius 3 is 2.84 bits per heavy atom. The monoisotopic (exact) mass is 277 g/mol. The minimum absolute atomic E-state index is 0.657. The molecule has 1 aliphatic rings. The molecule has 1 fully saturated rings. The summed E-state index contributed by atoms with van der Waals surface area (Å²) in [6.07, 6.45) is 9.23. The lowest BCUT2D eigenvalue weighted by Gasteiger charge is -2.26. The number of halogens is 1. The number of hydrogen-bond acceptors (Lipinski definition) is 2. The molecular weight excluding hydrogens is 258 g/mol. The molecule has 3 nitrogen and oxygen atoms in total. The Morgan fingerprint density at radius 2 is 2.05 bits per heavy atom. The molecule has 0 saturated heterocycles. The summed E-state index contributed by atoms with van der Waals surface area (Å²) in [5, 5.41) is 4.37. The van der Waals surface area contributed by atoms with Crippen LogP contribution in [0.1, 0.15) is 38.3 Å². The third-order valence-corrected chi connectivity index (χ3v) is 4.28. The van der Waals surface area contributed by atoms with Crippen LogP contribution in [0.15, 0.2) is 24.5 Å². The van der Waals surface area contributed by atoms with E-state index in [1.54, 1.807) is 0 Å². The van der Waals surface area contributed by atoms with Gasteiger partial charge in [0.05, 0.1) is 10.7 Å². The predicted molar refractivity (Wildman–Crippen MR) is 78.5 cm³/mol. The van der Waals surface area contributed by atoms with Crippen LogP contribution in [0.3, 0.4) is 0 Å². The average Bonchev–Trinajstić information content (AvgIpc) is 2.80. The Morgan fingerprint density at radius 1 is 1.26 bits per heavy atom. The highest BCUT2D eigenvalue weighted by Crippen LogP contribution is 2.23. The lowest BCUT2D eigenvalue weighted by molar-refractivity contribution is 0.306. The van der Waals surface area contributed by atoms with Crippen LogP contribution in [-0.4, -0.2) is 15.4 Å². The fraction of sp³-hybridized carbons (Fsp3) is 0.533. The van der Waals surface area contributed by atoms with Gasteiger partial charge in [-0.1, -0.05) is 18.5 Å². The van der Waals surface area contributed by atoms with E-state index in [2.05, 4.69) is 23.4 Å². The van der Waals surface area contributed by atoms with E-state index in [9.17, 15) is 0 Å². The van der Waals surface area contributed by atoms with Crippen molar-refractivity contribution >= 4 is 17.2 Å². The molecule has 2 aromatic heterocycles. The van der Waals surface area contributed by atoms with E-state index in [0.29, 0.717) is 6.04 Å². The van der Waals surface area contributed by atoms with Gasteiger partial charge in [0.2, 0.25) is 0 Å². The first-order valence-corrected chi connectivity index (χ1v) is 7.45. The molecule has 1 aliphatic carbocycles. The van der Waals surface area contributed by atoms with Crippen molar-refractivity contribution in [3.8, 4) is 0 Å². The molecule has 0 aromatic carbocycles. The first-order valence-electron chi connectivity index (χ1n) is 7.07. The maximum Gasteiger partial charge on any atom is 0.137 e. The summed E-state index contributed by atoms with van der Waals surface area (Å²) in [6.45, 7) is 3.19. The summed E-state index contributed by atoms with van der Waals surface area (Å²) < 4.78 is 1.99. The van der Waals surface area contributed by atoms with Crippen LogP contribution in [-0.2, 0) is 6.54 Å². The molecule has 3 rings (SSSR count). The van der Waals surface area contributed by atoms with Crippen LogP contribution >= 0.6 is 11.6 Å². The first-order chi connectivity index (χ1) is 9.20. The van der Waals surface area contributed by atoms with Crippen LogP contribution in [0.5, 0.6) is 0 Å². The maximum absolute atomic E-state index is 5.98. The molecule has 0 radical (unpaired) electrons. The number of pyridine rings is 1. The summed E-state index contributed by atoms with van der Waals surface area (Å²) in [4.78, 5) is 4.59. The lowest BCUT2D eigenvalue weighted by Crippen LogP contribution is -2.32. The van der Waals surface area contributed by atoms with Crippen LogP contribution in [0.2, 0.25) is 5.02 Å². The molecule has 102 valence electrons. The molecule has 0 atom stereocenters. The highest BCUT2D eigenvalue weighted by molar-refractivity contribution is 6.30. The fourth-order valence-electron chi connectivity index (χ4n) is 2.82. The fourth-order valence-corrected chi connectivity index (χ4v) is 2.98. The Hall–Kier alpha value is -1.06. The van der Waals surface area contributed by atoms with Crippen molar-refractivity contribution in [3.05, 3.63) is 35.2 Å². The number of aromatic nitrogens is 2. The summed E-state index contributed by atoms with van der Waals surface area (Å²) in [7, 11) is 0. The van der Waals surface area contributed by atoms with Crippen LogP contribution in [0.25, 0.3) is 5.65 Å². The highest BCUT2D eigenvalue weighted by Gasteiger charge is 2.17. The van der Waals surface area contributed by atoms with Gasteiger partial charge in [-0.05, 0) is 43.7 Å².